The summed E-state index contributed by atoms with van der Waals surface area (Å²) in [6, 6.07) is 63.4. The van der Waals surface area contributed by atoms with E-state index in [-0.39, 0.29) is 11.2 Å². The molecular formula is C53H43BN4O2. The number of hydrogen-bond donors (Lipinski definition) is 0. The molecule has 0 aliphatic carbocycles. The van der Waals surface area contributed by atoms with Crippen LogP contribution in [-0.4, -0.2) is 37.8 Å². The first kappa shape index (κ1) is 37.4. The first-order valence-electron chi connectivity index (χ1n) is 20.4. The van der Waals surface area contributed by atoms with Gasteiger partial charge in [0.15, 0.2) is 17.5 Å². The summed E-state index contributed by atoms with van der Waals surface area (Å²) in [4.78, 5) is 14.8. The third-order valence-electron chi connectivity index (χ3n) is 11.9. The highest BCUT2D eigenvalue weighted by Gasteiger charge is 2.51. The molecule has 0 saturated carbocycles. The van der Waals surface area contributed by atoms with Crippen molar-refractivity contribution in [2.24, 2.45) is 0 Å². The summed E-state index contributed by atoms with van der Waals surface area (Å²) in [6.07, 6.45) is 2.16. The maximum atomic E-state index is 6.36. The summed E-state index contributed by atoms with van der Waals surface area (Å²) < 4.78 is 15.0. The van der Waals surface area contributed by atoms with Gasteiger partial charge in [-0.3, -0.25) is 0 Å². The van der Waals surface area contributed by atoms with E-state index in [2.05, 4.69) is 160 Å². The van der Waals surface area contributed by atoms with Crippen LogP contribution >= 0.6 is 0 Å². The predicted molar refractivity (Wildman–Crippen MR) is 245 cm³/mol. The lowest BCUT2D eigenvalue weighted by Crippen LogP contribution is -2.41. The van der Waals surface area contributed by atoms with Crippen molar-refractivity contribution in [1.82, 2.24) is 19.5 Å². The molecule has 10 rings (SSSR count). The number of rotatable bonds is 8. The SMILES string of the molecule is CC1(C)OB(c2cccc(-c3ccc4c(ccn4-c4cccc(-c5cccc(-c6cccc(-c7nc(-c8ccccc8)nc(-c8ccccc8)n7)c6)c5)c4)c3)c2)OC1(C)C. The molecular weight excluding hydrogens is 735 g/mol. The maximum absolute atomic E-state index is 6.36. The first-order chi connectivity index (χ1) is 29.2. The van der Waals surface area contributed by atoms with Crippen LogP contribution in [0.25, 0.3) is 84.1 Å². The van der Waals surface area contributed by atoms with Crippen LogP contribution in [0, 0.1) is 0 Å². The number of benzene rings is 7. The average molecular weight is 779 g/mol. The number of nitrogens with zero attached hydrogens (tertiary/aromatic N) is 4. The molecule has 6 nitrogen and oxygen atoms in total. The zero-order valence-electron chi connectivity index (χ0n) is 34.1. The number of fused-ring (bicyclic) bond motifs is 1. The monoisotopic (exact) mass is 778 g/mol. The molecule has 0 atom stereocenters. The molecule has 1 aliphatic rings. The second-order valence-electron chi connectivity index (χ2n) is 16.4. The molecule has 0 bridgehead atoms. The third kappa shape index (κ3) is 7.12. The van der Waals surface area contributed by atoms with Gasteiger partial charge in [0.25, 0.3) is 0 Å². The maximum Gasteiger partial charge on any atom is 0.494 e. The van der Waals surface area contributed by atoms with Gasteiger partial charge in [0.2, 0.25) is 0 Å². The molecule has 60 heavy (non-hydrogen) atoms. The van der Waals surface area contributed by atoms with Gasteiger partial charge in [-0.25, -0.2) is 15.0 Å². The van der Waals surface area contributed by atoms with Crippen molar-refractivity contribution in [3.05, 3.63) is 188 Å². The molecule has 1 aliphatic heterocycles. The molecule has 290 valence electrons. The fraction of sp³-hybridized carbons (Fsp3) is 0.113. The van der Waals surface area contributed by atoms with Crippen LogP contribution in [-0.2, 0) is 9.31 Å². The zero-order chi connectivity index (χ0) is 40.8. The average Bonchev–Trinajstić information content (AvgIpc) is 3.82. The Balaban J connectivity index is 0.933. The topological polar surface area (TPSA) is 62.1 Å². The molecule has 0 spiro atoms. The molecule has 2 aromatic heterocycles. The predicted octanol–water partition coefficient (Wildman–Crippen LogP) is 12.1. The fourth-order valence-electron chi connectivity index (χ4n) is 7.88. The third-order valence-corrected chi connectivity index (χ3v) is 11.9. The molecule has 1 fully saturated rings. The van der Waals surface area contributed by atoms with Crippen LogP contribution in [0.4, 0.5) is 0 Å². The first-order valence-corrected chi connectivity index (χ1v) is 20.4. The van der Waals surface area contributed by atoms with Crippen LogP contribution < -0.4 is 5.46 Å². The molecule has 0 unspecified atom stereocenters. The van der Waals surface area contributed by atoms with Crippen LogP contribution in [0.2, 0.25) is 0 Å². The smallest absolute Gasteiger partial charge is 0.399 e. The molecule has 7 aromatic carbocycles. The van der Waals surface area contributed by atoms with E-state index < -0.39 is 7.12 Å². The Morgan fingerprint density at radius 3 is 1.45 bits per heavy atom. The van der Waals surface area contributed by atoms with Crippen molar-refractivity contribution in [2.45, 2.75) is 38.9 Å². The Hall–Kier alpha value is -6.93. The Morgan fingerprint density at radius 2 is 0.850 bits per heavy atom. The highest BCUT2D eigenvalue weighted by Crippen LogP contribution is 2.37. The molecule has 3 heterocycles. The van der Waals surface area contributed by atoms with Gasteiger partial charge < -0.3 is 13.9 Å². The Kier molecular flexibility index (Phi) is 9.36. The lowest BCUT2D eigenvalue weighted by atomic mass is 9.78. The molecule has 0 radical (unpaired) electrons. The summed E-state index contributed by atoms with van der Waals surface area (Å²) in [5.74, 6) is 1.92. The van der Waals surface area contributed by atoms with E-state index in [1.807, 2.05) is 60.7 Å². The van der Waals surface area contributed by atoms with Gasteiger partial charge in [0, 0.05) is 34.0 Å². The summed E-state index contributed by atoms with van der Waals surface area (Å²) in [5, 5.41) is 1.17. The van der Waals surface area contributed by atoms with Gasteiger partial charge in [0.1, 0.15) is 0 Å². The van der Waals surface area contributed by atoms with E-state index >= 15 is 0 Å². The fourth-order valence-corrected chi connectivity index (χ4v) is 7.88. The molecule has 9 aromatic rings. The minimum absolute atomic E-state index is 0.388. The van der Waals surface area contributed by atoms with E-state index in [4.69, 9.17) is 24.3 Å². The highest BCUT2D eigenvalue weighted by molar-refractivity contribution is 6.62. The van der Waals surface area contributed by atoms with Crippen molar-refractivity contribution < 1.29 is 9.31 Å². The lowest BCUT2D eigenvalue weighted by molar-refractivity contribution is 0.00578. The van der Waals surface area contributed by atoms with Crippen molar-refractivity contribution in [3.8, 4) is 73.2 Å². The zero-order valence-corrected chi connectivity index (χ0v) is 34.1. The van der Waals surface area contributed by atoms with Crippen molar-refractivity contribution in [3.63, 3.8) is 0 Å². The summed E-state index contributed by atoms with van der Waals surface area (Å²) in [7, 11) is -0.401. The van der Waals surface area contributed by atoms with E-state index in [0.717, 1.165) is 66.7 Å². The minimum atomic E-state index is -0.401. The van der Waals surface area contributed by atoms with E-state index in [1.54, 1.807) is 0 Å². The molecule has 1 saturated heterocycles. The summed E-state index contributed by atoms with van der Waals surface area (Å²) in [5.41, 5.74) is 12.1. The van der Waals surface area contributed by atoms with E-state index in [9.17, 15) is 0 Å². The van der Waals surface area contributed by atoms with Crippen LogP contribution in [0.15, 0.2) is 188 Å². The molecule has 0 amide bonds. The molecule has 7 heteroatoms. The molecule has 0 N–H and O–H groups in total. The number of hydrogen-bond acceptors (Lipinski definition) is 5. The minimum Gasteiger partial charge on any atom is -0.399 e. The Labute approximate surface area is 351 Å². The second-order valence-corrected chi connectivity index (χ2v) is 16.4. The van der Waals surface area contributed by atoms with Crippen molar-refractivity contribution in [2.75, 3.05) is 0 Å². The number of aromatic nitrogens is 4. The van der Waals surface area contributed by atoms with E-state index in [0.29, 0.717) is 17.5 Å². The van der Waals surface area contributed by atoms with Gasteiger partial charge >= 0.3 is 7.12 Å². The van der Waals surface area contributed by atoms with Gasteiger partial charge in [-0.15, -0.1) is 0 Å². The van der Waals surface area contributed by atoms with Crippen molar-refractivity contribution in [1.29, 1.82) is 0 Å². The largest absolute Gasteiger partial charge is 0.494 e. The quantitative estimate of drug-likeness (QED) is 0.144. The summed E-state index contributed by atoms with van der Waals surface area (Å²) >= 11 is 0. The lowest BCUT2D eigenvalue weighted by Gasteiger charge is -2.32. The van der Waals surface area contributed by atoms with Gasteiger partial charge in [-0.1, -0.05) is 140 Å². The highest BCUT2D eigenvalue weighted by atomic mass is 16.7. The van der Waals surface area contributed by atoms with E-state index in [1.165, 1.54) is 5.39 Å². The van der Waals surface area contributed by atoms with Gasteiger partial charge in [-0.05, 0) is 109 Å². The van der Waals surface area contributed by atoms with Crippen LogP contribution in [0.1, 0.15) is 27.7 Å². The van der Waals surface area contributed by atoms with Crippen LogP contribution in [0.5, 0.6) is 0 Å². The normalized spacial score (nSPS) is 14.4. The summed E-state index contributed by atoms with van der Waals surface area (Å²) in [6.45, 7) is 8.35. The van der Waals surface area contributed by atoms with Gasteiger partial charge in [0.05, 0.1) is 16.7 Å². The Bertz CT molecular complexity index is 2940. The van der Waals surface area contributed by atoms with Crippen LogP contribution in [0.3, 0.4) is 0 Å². The second kappa shape index (κ2) is 15.0. The standard InChI is InChI=1S/C53H43BN4O2/c1-52(2)53(3,4)60-54(59-52)46-25-13-22-41(34-46)43-27-28-48-44(32-43)29-30-58(48)47-26-14-23-42(35-47)39-20-11-19-38(31-39)40-21-12-24-45(33-40)51-56-49(36-15-7-5-8-16-36)55-50(57-51)37-17-9-6-10-18-37/h5-35H,1-4H3. The Morgan fingerprint density at radius 1 is 0.400 bits per heavy atom. The van der Waals surface area contributed by atoms with Crippen molar-refractivity contribution >= 4 is 23.5 Å². The van der Waals surface area contributed by atoms with Gasteiger partial charge in [-0.2, -0.15) is 0 Å².